The van der Waals surface area contributed by atoms with Gasteiger partial charge in [-0.05, 0) is 48.9 Å². The van der Waals surface area contributed by atoms with Crippen LogP contribution in [-0.2, 0) is 6.54 Å². The third kappa shape index (κ3) is 3.16. The van der Waals surface area contributed by atoms with Gasteiger partial charge in [0.1, 0.15) is 5.82 Å². The highest BCUT2D eigenvalue weighted by Crippen LogP contribution is 2.37. The van der Waals surface area contributed by atoms with Gasteiger partial charge in [-0.1, -0.05) is 18.5 Å². The van der Waals surface area contributed by atoms with E-state index in [1.165, 1.54) is 18.9 Å². The first-order valence-corrected chi connectivity index (χ1v) is 7.96. The van der Waals surface area contributed by atoms with E-state index in [9.17, 15) is 4.39 Å². The molecule has 2 aliphatic rings. The van der Waals surface area contributed by atoms with E-state index in [2.05, 4.69) is 17.1 Å². The van der Waals surface area contributed by atoms with Crippen molar-refractivity contribution < 1.29 is 4.39 Å². The average molecular weight is 297 g/mol. The van der Waals surface area contributed by atoms with Crippen molar-refractivity contribution in [3.05, 3.63) is 34.6 Å². The highest BCUT2D eigenvalue weighted by Gasteiger charge is 2.38. The summed E-state index contributed by atoms with van der Waals surface area (Å²) in [6, 6.07) is 5.79. The maximum Gasteiger partial charge on any atom is 0.123 e. The number of benzene rings is 1. The van der Waals surface area contributed by atoms with E-state index in [1.807, 2.05) is 0 Å². The summed E-state index contributed by atoms with van der Waals surface area (Å²) >= 11 is 6.22. The van der Waals surface area contributed by atoms with Gasteiger partial charge < -0.3 is 5.32 Å². The summed E-state index contributed by atoms with van der Waals surface area (Å²) in [5.41, 5.74) is 0.911. The van der Waals surface area contributed by atoms with E-state index >= 15 is 0 Å². The Morgan fingerprint density at radius 3 is 2.90 bits per heavy atom. The van der Waals surface area contributed by atoms with Crippen LogP contribution in [0.25, 0.3) is 0 Å². The number of rotatable bonds is 4. The number of nitrogens with zero attached hydrogens (tertiary/aromatic N) is 1. The van der Waals surface area contributed by atoms with Gasteiger partial charge in [-0.15, -0.1) is 0 Å². The Morgan fingerprint density at radius 1 is 1.40 bits per heavy atom. The molecule has 0 bridgehead atoms. The number of hydrogen-bond donors (Lipinski definition) is 1. The van der Waals surface area contributed by atoms with Gasteiger partial charge in [0.2, 0.25) is 0 Å². The van der Waals surface area contributed by atoms with Crippen LogP contribution in [0, 0.1) is 11.7 Å². The molecule has 1 aromatic carbocycles. The Kier molecular flexibility index (Phi) is 4.29. The van der Waals surface area contributed by atoms with Gasteiger partial charge in [0.05, 0.1) is 0 Å². The number of halogens is 2. The van der Waals surface area contributed by atoms with Crippen LogP contribution in [0.15, 0.2) is 18.2 Å². The van der Waals surface area contributed by atoms with E-state index in [-0.39, 0.29) is 5.82 Å². The molecule has 2 nitrogen and oxygen atoms in total. The second kappa shape index (κ2) is 6.00. The minimum absolute atomic E-state index is 0.199. The molecule has 2 atom stereocenters. The predicted molar refractivity (Wildman–Crippen MR) is 80.4 cm³/mol. The van der Waals surface area contributed by atoms with Crippen LogP contribution < -0.4 is 5.32 Å². The number of nitrogens with one attached hydrogen (secondary N) is 1. The van der Waals surface area contributed by atoms with Crippen LogP contribution in [0.1, 0.15) is 31.7 Å². The molecular formula is C16H22ClFN2. The van der Waals surface area contributed by atoms with Crippen LogP contribution in [0.3, 0.4) is 0 Å². The average Bonchev–Trinajstić information content (AvgIpc) is 3.27. The maximum atomic E-state index is 13.4. The van der Waals surface area contributed by atoms with Gasteiger partial charge >= 0.3 is 0 Å². The molecule has 1 N–H and O–H groups in total. The SMILES string of the molecule is CCC1CN(Cc2cc(F)ccc2Cl)C(C2CC2)CN1. The molecule has 4 heteroatoms. The molecule has 0 aromatic heterocycles. The van der Waals surface area contributed by atoms with Gasteiger partial charge in [-0.25, -0.2) is 4.39 Å². The molecule has 1 aromatic rings. The second-order valence-corrected chi connectivity index (χ2v) is 6.49. The van der Waals surface area contributed by atoms with Crippen molar-refractivity contribution in [3.63, 3.8) is 0 Å². The lowest BCUT2D eigenvalue weighted by molar-refractivity contribution is 0.106. The second-order valence-electron chi connectivity index (χ2n) is 6.08. The Balaban J connectivity index is 1.76. The Hall–Kier alpha value is -0.640. The fourth-order valence-electron chi connectivity index (χ4n) is 3.18. The third-order valence-electron chi connectivity index (χ3n) is 4.58. The van der Waals surface area contributed by atoms with Crippen LogP contribution in [-0.4, -0.2) is 30.1 Å². The summed E-state index contributed by atoms with van der Waals surface area (Å²) in [6.07, 6.45) is 3.79. The summed E-state index contributed by atoms with van der Waals surface area (Å²) in [5, 5.41) is 4.31. The lowest BCUT2D eigenvalue weighted by Crippen LogP contribution is -2.56. The first-order chi connectivity index (χ1) is 9.67. The molecule has 2 fully saturated rings. The Labute approximate surface area is 125 Å². The molecule has 2 unspecified atom stereocenters. The standard InChI is InChI=1S/C16H22ClFN2/c1-2-14-10-20(16(8-19-14)11-3-4-11)9-12-7-13(18)5-6-15(12)17/h5-7,11,14,16,19H,2-4,8-10H2,1H3. The van der Waals surface area contributed by atoms with Crippen molar-refractivity contribution in [2.45, 2.75) is 44.8 Å². The summed E-state index contributed by atoms with van der Waals surface area (Å²) in [7, 11) is 0. The van der Waals surface area contributed by atoms with E-state index in [0.29, 0.717) is 17.1 Å². The number of hydrogen-bond acceptors (Lipinski definition) is 2. The molecule has 20 heavy (non-hydrogen) atoms. The van der Waals surface area contributed by atoms with E-state index < -0.39 is 0 Å². The smallest absolute Gasteiger partial charge is 0.123 e. The zero-order valence-electron chi connectivity index (χ0n) is 11.9. The summed E-state index contributed by atoms with van der Waals surface area (Å²) in [4.78, 5) is 2.50. The van der Waals surface area contributed by atoms with Crippen LogP contribution >= 0.6 is 11.6 Å². The molecule has 0 spiro atoms. The first-order valence-electron chi connectivity index (χ1n) is 7.58. The molecule has 1 saturated carbocycles. The predicted octanol–water partition coefficient (Wildman–Crippen LogP) is 3.44. The molecule has 110 valence electrons. The van der Waals surface area contributed by atoms with E-state index in [0.717, 1.165) is 37.5 Å². The zero-order chi connectivity index (χ0) is 14.1. The van der Waals surface area contributed by atoms with Crippen molar-refractivity contribution in [3.8, 4) is 0 Å². The van der Waals surface area contributed by atoms with Crippen LogP contribution in [0.2, 0.25) is 5.02 Å². The van der Waals surface area contributed by atoms with Crippen molar-refractivity contribution >= 4 is 11.6 Å². The minimum atomic E-state index is -0.199. The largest absolute Gasteiger partial charge is 0.311 e. The monoisotopic (exact) mass is 296 g/mol. The fraction of sp³-hybridized carbons (Fsp3) is 0.625. The fourth-order valence-corrected chi connectivity index (χ4v) is 3.36. The molecule has 1 aliphatic heterocycles. The lowest BCUT2D eigenvalue weighted by Gasteiger charge is -2.40. The molecular weight excluding hydrogens is 275 g/mol. The van der Waals surface area contributed by atoms with E-state index in [1.54, 1.807) is 12.1 Å². The zero-order valence-corrected chi connectivity index (χ0v) is 12.7. The molecule has 1 saturated heterocycles. The Morgan fingerprint density at radius 2 is 2.20 bits per heavy atom. The molecule has 0 amide bonds. The topological polar surface area (TPSA) is 15.3 Å². The van der Waals surface area contributed by atoms with Gasteiger partial charge in [0, 0.05) is 36.7 Å². The molecule has 3 rings (SSSR count). The van der Waals surface area contributed by atoms with Gasteiger partial charge in [0.25, 0.3) is 0 Å². The summed E-state index contributed by atoms with van der Waals surface area (Å²) < 4.78 is 13.4. The highest BCUT2D eigenvalue weighted by molar-refractivity contribution is 6.31. The van der Waals surface area contributed by atoms with Crippen molar-refractivity contribution in [2.75, 3.05) is 13.1 Å². The van der Waals surface area contributed by atoms with Crippen molar-refractivity contribution in [1.29, 1.82) is 0 Å². The summed E-state index contributed by atoms with van der Waals surface area (Å²) in [6.45, 7) is 5.05. The molecule has 0 radical (unpaired) electrons. The van der Waals surface area contributed by atoms with Crippen molar-refractivity contribution in [2.24, 2.45) is 5.92 Å². The van der Waals surface area contributed by atoms with Crippen LogP contribution in [0.4, 0.5) is 4.39 Å². The van der Waals surface area contributed by atoms with Gasteiger partial charge in [-0.2, -0.15) is 0 Å². The molecule has 1 heterocycles. The number of piperazine rings is 1. The van der Waals surface area contributed by atoms with Gasteiger partial charge in [0.15, 0.2) is 0 Å². The van der Waals surface area contributed by atoms with E-state index in [4.69, 9.17) is 11.6 Å². The van der Waals surface area contributed by atoms with Gasteiger partial charge in [-0.3, -0.25) is 4.90 Å². The summed E-state index contributed by atoms with van der Waals surface area (Å²) in [5.74, 6) is 0.613. The quantitative estimate of drug-likeness (QED) is 0.915. The van der Waals surface area contributed by atoms with Crippen LogP contribution in [0.5, 0.6) is 0 Å². The third-order valence-corrected chi connectivity index (χ3v) is 4.95. The first kappa shape index (κ1) is 14.3. The normalized spacial score (nSPS) is 27.8. The maximum absolute atomic E-state index is 13.4. The lowest BCUT2D eigenvalue weighted by atomic mass is 10.0. The molecule has 1 aliphatic carbocycles. The van der Waals surface area contributed by atoms with Crippen molar-refractivity contribution in [1.82, 2.24) is 10.2 Å². The highest BCUT2D eigenvalue weighted by atomic mass is 35.5. The Bertz CT molecular complexity index is 476. The minimum Gasteiger partial charge on any atom is -0.311 e.